The average molecular weight is 285 g/mol. The molecule has 1 aromatic carbocycles. The first kappa shape index (κ1) is 13.9. The van der Waals surface area contributed by atoms with E-state index in [4.69, 9.17) is 0 Å². The van der Waals surface area contributed by atoms with Crippen molar-refractivity contribution >= 4 is 15.7 Å². The van der Waals surface area contributed by atoms with E-state index >= 15 is 0 Å². The van der Waals surface area contributed by atoms with Crippen molar-refractivity contribution in [3.8, 4) is 0 Å². The monoisotopic (exact) mass is 285 g/mol. The lowest BCUT2D eigenvalue weighted by molar-refractivity contribution is -0.385. The van der Waals surface area contributed by atoms with Crippen LogP contribution in [0.3, 0.4) is 0 Å². The largest absolute Gasteiger partial charge is 0.314 e. The molecule has 0 aromatic heterocycles. The summed E-state index contributed by atoms with van der Waals surface area (Å²) in [5.41, 5.74) is 0.278. The number of piperazine rings is 1. The number of hydrogen-bond donors (Lipinski definition) is 1. The fourth-order valence-electron chi connectivity index (χ4n) is 1.98. The second kappa shape index (κ2) is 5.24. The summed E-state index contributed by atoms with van der Waals surface area (Å²) in [6.45, 7) is 3.52. The third-order valence-electron chi connectivity index (χ3n) is 3.09. The van der Waals surface area contributed by atoms with E-state index in [0.29, 0.717) is 31.7 Å². The Bertz CT molecular complexity index is 594. The number of rotatable bonds is 3. The van der Waals surface area contributed by atoms with Crippen molar-refractivity contribution in [2.45, 2.75) is 11.8 Å². The Labute approximate surface area is 111 Å². The molecule has 0 bridgehead atoms. The molecule has 1 aliphatic rings. The molecule has 0 atom stereocenters. The molecule has 19 heavy (non-hydrogen) atoms. The maximum Gasteiger partial charge on any atom is 0.273 e. The summed E-state index contributed by atoms with van der Waals surface area (Å²) >= 11 is 0. The minimum absolute atomic E-state index is 0.0216. The zero-order valence-electron chi connectivity index (χ0n) is 10.5. The molecule has 0 amide bonds. The molecular formula is C11H15N3O4S. The molecule has 0 unspecified atom stereocenters. The van der Waals surface area contributed by atoms with Gasteiger partial charge >= 0.3 is 0 Å². The van der Waals surface area contributed by atoms with Gasteiger partial charge in [-0.2, -0.15) is 4.31 Å². The average Bonchev–Trinajstić information content (AvgIpc) is 2.39. The van der Waals surface area contributed by atoms with Crippen LogP contribution in [0.15, 0.2) is 23.1 Å². The van der Waals surface area contributed by atoms with Crippen molar-refractivity contribution in [1.29, 1.82) is 0 Å². The molecule has 1 saturated heterocycles. The van der Waals surface area contributed by atoms with Crippen molar-refractivity contribution in [1.82, 2.24) is 9.62 Å². The van der Waals surface area contributed by atoms with E-state index in [1.165, 1.54) is 16.4 Å². The molecule has 1 aliphatic heterocycles. The topological polar surface area (TPSA) is 92.6 Å². The van der Waals surface area contributed by atoms with Gasteiger partial charge in [0.1, 0.15) is 0 Å². The van der Waals surface area contributed by atoms with E-state index in [0.717, 1.165) is 6.07 Å². The molecule has 8 heteroatoms. The number of nitrogens with zero attached hydrogens (tertiary/aromatic N) is 2. The molecule has 1 heterocycles. The third kappa shape index (κ3) is 2.75. The van der Waals surface area contributed by atoms with Gasteiger partial charge in [0.05, 0.1) is 9.82 Å². The lowest BCUT2D eigenvalue weighted by atomic mass is 10.2. The molecule has 0 saturated carbocycles. The fourth-order valence-corrected chi connectivity index (χ4v) is 3.44. The zero-order chi connectivity index (χ0) is 14.0. The Hall–Kier alpha value is -1.51. The van der Waals surface area contributed by atoms with Gasteiger partial charge in [-0.25, -0.2) is 8.42 Å². The Morgan fingerprint density at radius 3 is 2.53 bits per heavy atom. The smallest absolute Gasteiger partial charge is 0.273 e. The summed E-state index contributed by atoms with van der Waals surface area (Å²) in [5, 5.41) is 13.9. The fraction of sp³-hybridized carbons (Fsp3) is 0.455. The minimum Gasteiger partial charge on any atom is -0.314 e. The van der Waals surface area contributed by atoms with Gasteiger partial charge in [-0.1, -0.05) is 6.07 Å². The summed E-state index contributed by atoms with van der Waals surface area (Å²) in [6.07, 6.45) is 0. The van der Waals surface area contributed by atoms with Crippen LogP contribution in [0.5, 0.6) is 0 Å². The lowest BCUT2D eigenvalue weighted by Gasteiger charge is -2.26. The van der Waals surface area contributed by atoms with E-state index in [1.54, 1.807) is 6.92 Å². The maximum absolute atomic E-state index is 12.3. The van der Waals surface area contributed by atoms with Crippen molar-refractivity contribution in [3.63, 3.8) is 0 Å². The molecule has 2 rings (SSSR count). The number of nitro benzene ring substituents is 1. The zero-order valence-corrected chi connectivity index (χ0v) is 11.3. The quantitative estimate of drug-likeness (QED) is 0.644. The summed E-state index contributed by atoms with van der Waals surface area (Å²) in [4.78, 5) is 10.3. The van der Waals surface area contributed by atoms with Crippen molar-refractivity contribution in [3.05, 3.63) is 33.9 Å². The highest BCUT2D eigenvalue weighted by molar-refractivity contribution is 7.89. The van der Waals surface area contributed by atoms with Gasteiger partial charge in [0.15, 0.2) is 0 Å². The summed E-state index contributed by atoms with van der Waals surface area (Å²) in [7, 11) is -3.65. The molecule has 1 fully saturated rings. The van der Waals surface area contributed by atoms with Crippen LogP contribution in [0.1, 0.15) is 5.56 Å². The van der Waals surface area contributed by atoms with Gasteiger partial charge in [-0.05, 0) is 13.0 Å². The van der Waals surface area contributed by atoms with Crippen LogP contribution in [-0.4, -0.2) is 43.8 Å². The van der Waals surface area contributed by atoms with Crippen LogP contribution in [0.4, 0.5) is 5.69 Å². The third-order valence-corrected chi connectivity index (χ3v) is 4.99. The second-order valence-corrected chi connectivity index (χ2v) is 6.30. The number of aryl methyl sites for hydroxylation is 1. The van der Waals surface area contributed by atoms with Crippen LogP contribution >= 0.6 is 0 Å². The number of nitro groups is 1. The molecule has 0 aliphatic carbocycles. The van der Waals surface area contributed by atoms with E-state index in [-0.39, 0.29) is 10.6 Å². The normalized spacial score (nSPS) is 17.3. The highest BCUT2D eigenvalue weighted by atomic mass is 32.2. The number of hydrogen-bond acceptors (Lipinski definition) is 5. The number of nitrogens with one attached hydrogen (secondary N) is 1. The van der Waals surface area contributed by atoms with Gasteiger partial charge in [-0.3, -0.25) is 10.1 Å². The van der Waals surface area contributed by atoms with E-state index in [1.807, 2.05) is 0 Å². The first-order chi connectivity index (χ1) is 8.93. The van der Waals surface area contributed by atoms with E-state index < -0.39 is 14.9 Å². The molecule has 0 radical (unpaired) electrons. The molecule has 0 spiro atoms. The summed E-state index contributed by atoms with van der Waals surface area (Å²) < 4.78 is 26.0. The summed E-state index contributed by atoms with van der Waals surface area (Å²) in [5.74, 6) is 0. The summed E-state index contributed by atoms with van der Waals surface area (Å²) in [6, 6.07) is 4.01. The standard InChI is InChI=1S/C11H15N3O4S/c1-9-2-3-10(8-11(9)14(15)16)19(17,18)13-6-4-12-5-7-13/h2-3,8,12H,4-7H2,1H3. The highest BCUT2D eigenvalue weighted by Gasteiger charge is 2.27. The Morgan fingerprint density at radius 2 is 1.95 bits per heavy atom. The number of benzene rings is 1. The maximum atomic E-state index is 12.3. The van der Waals surface area contributed by atoms with Crippen LogP contribution in [0, 0.1) is 17.0 Å². The first-order valence-electron chi connectivity index (χ1n) is 5.89. The molecule has 104 valence electrons. The molecular weight excluding hydrogens is 270 g/mol. The van der Waals surface area contributed by atoms with Crippen LogP contribution in [-0.2, 0) is 10.0 Å². The lowest BCUT2D eigenvalue weighted by Crippen LogP contribution is -2.46. The van der Waals surface area contributed by atoms with Crippen LogP contribution in [0.2, 0.25) is 0 Å². The Kier molecular flexibility index (Phi) is 3.83. The first-order valence-corrected chi connectivity index (χ1v) is 7.33. The van der Waals surface area contributed by atoms with E-state index in [9.17, 15) is 18.5 Å². The van der Waals surface area contributed by atoms with Gasteiger partial charge in [-0.15, -0.1) is 0 Å². The van der Waals surface area contributed by atoms with E-state index in [2.05, 4.69) is 5.32 Å². The Morgan fingerprint density at radius 1 is 1.32 bits per heavy atom. The predicted molar refractivity (Wildman–Crippen MR) is 69.5 cm³/mol. The molecule has 7 nitrogen and oxygen atoms in total. The SMILES string of the molecule is Cc1ccc(S(=O)(=O)N2CCNCC2)cc1[N+](=O)[O-]. The molecule has 1 aromatic rings. The minimum atomic E-state index is -3.65. The van der Waals surface area contributed by atoms with Gasteiger partial charge in [0.25, 0.3) is 5.69 Å². The van der Waals surface area contributed by atoms with Gasteiger partial charge in [0.2, 0.25) is 10.0 Å². The van der Waals surface area contributed by atoms with Gasteiger partial charge in [0, 0.05) is 37.8 Å². The van der Waals surface area contributed by atoms with Crippen molar-refractivity contribution in [2.75, 3.05) is 26.2 Å². The van der Waals surface area contributed by atoms with Crippen molar-refractivity contribution in [2.24, 2.45) is 0 Å². The molecule has 1 N–H and O–H groups in total. The van der Waals surface area contributed by atoms with Gasteiger partial charge < -0.3 is 5.32 Å². The van der Waals surface area contributed by atoms with Crippen LogP contribution in [0.25, 0.3) is 0 Å². The second-order valence-electron chi connectivity index (χ2n) is 4.36. The number of sulfonamides is 1. The predicted octanol–water partition coefficient (Wildman–Crippen LogP) is 0.497. The van der Waals surface area contributed by atoms with Crippen LogP contribution < -0.4 is 5.32 Å². The highest BCUT2D eigenvalue weighted by Crippen LogP contribution is 2.24. The Balaban J connectivity index is 2.40. The van der Waals surface area contributed by atoms with Crippen molar-refractivity contribution < 1.29 is 13.3 Å².